The summed E-state index contributed by atoms with van der Waals surface area (Å²) < 4.78 is 5.18. The van der Waals surface area contributed by atoms with Crippen LogP contribution >= 0.6 is 0 Å². The number of hydrogen-bond acceptors (Lipinski definition) is 3. The predicted octanol–water partition coefficient (Wildman–Crippen LogP) is -0.254. The van der Waals surface area contributed by atoms with E-state index >= 15 is 0 Å². The SMILES string of the molecule is COC1CC2(CNCC2O)C1. The lowest BCUT2D eigenvalue weighted by molar-refractivity contribution is -0.0971. The van der Waals surface area contributed by atoms with E-state index in [9.17, 15) is 5.11 Å². The molecular formula is C8H15NO2. The second kappa shape index (κ2) is 2.44. The first kappa shape index (κ1) is 7.53. The molecule has 1 saturated carbocycles. The van der Waals surface area contributed by atoms with Gasteiger partial charge in [-0.25, -0.2) is 0 Å². The van der Waals surface area contributed by atoms with Gasteiger partial charge in [0.2, 0.25) is 0 Å². The standard InChI is InChI=1S/C8H15NO2/c1-11-6-2-8(3-6)5-9-4-7(8)10/h6-7,9-10H,2-5H2,1H3. The molecule has 2 N–H and O–H groups in total. The third-order valence-corrected chi connectivity index (χ3v) is 3.12. The molecule has 2 aliphatic rings. The van der Waals surface area contributed by atoms with Crippen LogP contribution in [-0.2, 0) is 4.74 Å². The normalized spacial score (nSPS) is 49.6. The van der Waals surface area contributed by atoms with Crippen LogP contribution in [0.1, 0.15) is 12.8 Å². The second-order valence-electron chi connectivity index (χ2n) is 3.78. The summed E-state index contributed by atoms with van der Waals surface area (Å²) >= 11 is 0. The van der Waals surface area contributed by atoms with Crippen LogP contribution in [0.4, 0.5) is 0 Å². The van der Waals surface area contributed by atoms with E-state index in [-0.39, 0.29) is 11.5 Å². The van der Waals surface area contributed by atoms with E-state index in [0.29, 0.717) is 6.10 Å². The molecule has 0 bridgehead atoms. The molecule has 64 valence electrons. The fourth-order valence-electron chi connectivity index (χ4n) is 2.22. The maximum Gasteiger partial charge on any atom is 0.0734 e. The predicted molar refractivity (Wildman–Crippen MR) is 41.3 cm³/mol. The Morgan fingerprint density at radius 2 is 2.27 bits per heavy atom. The Morgan fingerprint density at radius 3 is 2.73 bits per heavy atom. The molecule has 1 unspecified atom stereocenters. The fourth-order valence-corrected chi connectivity index (χ4v) is 2.22. The lowest BCUT2D eigenvalue weighted by atomic mass is 9.65. The summed E-state index contributed by atoms with van der Waals surface area (Å²) in [5.41, 5.74) is 0.167. The van der Waals surface area contributed by atoms with Gasteiger partial charge in [0.15, 0.2) is 0 Å². The van der Waals surface area contributed by atoms with Gasteiger partial charge in [0, 0.05) is 25.6 Å². The van der Waals surface area contributed by atoms with Crippen LogP contribution in [0.15, 0.2) is 0 Å². The van der Waals surface area contributed by atoms with Crippen molar-refractivity contribution >= 4 is 0 Å². The highest BCUT2D eigenvalue weighted by Gasteiger charge is 2.51. The molecule has 0 radical (unpaired) electrons. The maximum absolute atomic E-state index is 9.59. The van der Waals surface area contributed by atoms with Crippen molar-refractivity contribution in [3.05, 3.63) is 0 Å². The van der Waals surface area contributed by atoms with Gasteiger partial charge in [0.25, 0.3) is 0 Å². The van der Waals surface area contributed by atoms with Gasteiger partial charge in [-0.15, -0.1) is 0 Å². The molecule has 2 fully saturated rings. The van der Waals surface area contributed by atoms with Gasteiger partial charge in [0.1, 0.15) is 0 Å². The van der Waals surface area contributed by atoms with Crippen molar-refractivity contribution < 1.29 is 9.84 Å². The average molecular weight is 157 g/mol. The number of methoxy groups -OCH3 is 1. The van der Waals surface area contributed by atoms with E-state index in [1.165, 1.54) is 0 Å². The summed E-state index contributed by atoms with van der Waals surface area (Å²) in [6.45, 7) is 1.73. The minimum Gasteiger partial charge on any atom is -0.391 e. The van der Waals surface area contributed by atoms with Gasteiger partial charge < -0.3 is 15.2 Å². The molecule has 2 rings (SSSR count). The summed E-state index contributed by atoms with van der Waals surface area (Å²) in [6.07, 6.45) is 2.30. The number of aliphatic hydroxyl groups excluding tert-OH is 1. The Morgan fingerprint density at radius 1 is 1.55 bits per heavy atom. The molecule has 0 amide bonds. The molecule has 3 nitrogen and oxygen atoms in total. The van der Waals surface area contributed by atoms with Gasteiger partial charge in [-0.05, 0) is 12.8 Å². The van der Waals surface area contributed by atoms with Crippen LogP contribution in [0, 0.1) is 5.41 Å². The fraction of sp³-hybridized carbons (Fsp3) is 1.00. The van der Waals surface area contributed by atoms with Gasteiger partial charge in [-0.1, -0.05) is 0 Å². The molecule has 1 aliphatic carbocycles. The first-order valence-electron chi connectivity index (χ1n) is 4.18. The van der Waals surface area contributed by atoms with E-state index < -0.39 is 0 Å². The van der Waals surface area contributed by atoms with Crippen LogP contribution in [0.5, 0.6) is 0 Å². The summed E-state index contributed by atoms with van der Waals surface area (Å²) in [5.74, 6) is 0. The van der Waals surface area contributed by atoms with Crippen molar-refractivity contribution in [1.29, 1.82) is 0 Å². The van der Waals surface area contributed by atoms with Gasteiger partial charge in [-0.2, -0.15) is 0 Å². The number of rotatable bonds is 1. The first-order valence-corrected chi connectivity index (χ1v) is 4.18. The van der Waals surface area contributed by atoms with Crippen molar-refractivity contribution in [2.24, 2.45) is 5.41 Å². The van der Waals surface area contributed by atoms with Crippen molar-refractivity contribution in [2.45, 2.75) is 25.0 Å². The Labute approximate surface area is 66.7 Å². The molecule has 3 heteroatoms. The summed E-state index contributed by atoms with van der Waals surface area (Å²) in [6, 6.07) is 0. The van der Waals surface area contributed by atoms with Crippen LogP contribution in [0.3, 0.4) is 0 Å². The summed E-state index contributed by atoms with van der Waals surface area (Å²) in [5, 5.41) is 12.8. The smallest absolute Gasteiger partial charge is 0.0734 e. The molecule has 0 aromatic rings. The van der Waals surface area contributed by atoms with Crippen molar-refractivity contribution in [3.8, 4) is 0 Å². The lowest BCUT2D eigenvalue weighted by Gasteiger charge is -2.45. The van der Waals surface area contributed by atoms with Crippen molar-refractivity contribution in [3.63, 3.8) is 0 Å². The van der Waals surface area contributed by atoms with E-state index in [4.69, 9.17) is 4.74 Å². The minimum absolute atomic E-state index is 0.145. The second-order valence-corrected chi connectivity index (χ2v) is 3.78. The summed E-state index contributed by atoms with van der Waals surface area (Å²) in [7, 11) is 1.74. The number of aliphatic hydroxyl groups is 1. The molecule has 1 atom stereocenters. The lowest BCUT2D eigenvalue weighted by Crippen LogP contribution is -2.49. The van der Waals surface area contributed by atoms with Crippen LogP contribution in [0.25, 0.3) is 0 Å². The monoisotopic (exact) mass is 157 g/mol. The topological polar surface area (TPSA) is 41.5 Å². The third-order valence-electron chi connectivity index (χ3n) is 3.12. The quantitative estimate of drug-likeness (QED) is 0.551. The van der Waals surface area contributed by atoms with Gasteiger partial charge in [0.05, 0.1) is 12.2 Å². The molecule has 0 aromatic carbocycles. The van der Waals surface area contributed by atoms with E-state index in [0.717, 1.165) is 25.9 Å². The van der Waals surface area contributed by atoms with Crippen LogP contribution in [0.2, 0.25) is 0 Å². The minimum atomic E-state index is -0.145. The highest BCUT2D eigenvalue weighted by Crippen LogP contribution is 2.46. The zero-order chi connectivity index (χ0) is 7.90. The number of β-amino-alcohol motifs (C(OH)–C–C–N with tert-alkyl or cyclic N) is 1. The summed E-state index contributed by atoms with van der Waals surface area (Å²) in [4.78, 5) is 0. The number of hydrogen-bond donors (Lipinski definition) is 2. The highest BCUT2D eigenvalue weighted by molar-refractivity contribution is 5.04. The molecule has 1 heterocycles. The molecule has 11 heavy (non-hydrogen) atoms. The van der Waals surface area contributed by atoms with E-state index in [1.807, 2.05) is 0 Å². The zero-order valence-electron chi connectivity index (χ0n) is 6.84. The number of ether oxygens (including phenoxy) is 1. The van der Waals surface area contributed by atoms with Gasteiger partial charge >= 0.3 is 0 Å². The average Bonchev–Trinajstić information content (AvgIpc) is 2.27. The molecule has 1 saturated heterocycles. The zero-order valence-corrected chi connectivity index (χ0v) is 6.84. The Hall–Kier alpha value is -0.120. The van der Waals surface area contributed by atoms with E-state index in [2.05, 4.69) is 5.32 Å². The third kappa shape index (κ3) is 0.991. The van der Waals surface area contributed by atoms with Crippen LogP contribution in [-0.4, -0.2) is 37.5 Å². The van der Waals surface area contributed by atoms with Crippen molar-refractivity contribution in [2.75, 3.05) is 20.2 Å². The highest BCUT2D eigenvalue weighted by atomic mass is 16.5. The molecule has 1 aliphatic heterocycles. The van der Waals surface area contributed by atoms with Crippen LogP contribution < -0.4 is 5.32 Å². The van der Waals surface area contributed by atoms with E-state index in [1.54, 1.807) is 7.11 Å². The van der Waals surface area contributed by atoms with Gasteiger partial charge in [-0.3, -0.25) is 0 Å². The molecular weight excluding hydrogens is 142 g/mol. The first-order chi connectivity index (χ1) is 5.27. The maximum atomic E-state index is 9.59. The Bertz CT molecular complexity index is 154. The Balaban J connectivity index is 1.94. The largest absolute Gasteiger partial charge is 0.391 e. The Kier molecular flexibility index (Phi) is 1.67. The number of nitrogens with one attached hydrogen (secondary N) is 1. The molecule has 0 aromatic heterocycles. The van der Waals surface area contributed by atoms with Crippen molar-refractivity contribution in [1.82, 2.24) is 5.32 Å². The molecule has 1 spiro atoms.